The van der Waals surface area contributed by atoms with Crippen LogP contribution in [0.15, 0.2) is 17.5 Å². The summed E-state index contributed by atoms with van der Waals surface area (Å²) in [6, 6.07) is 4.38. The summed E-state index contributed by atoms with van der Waals surface area (Å²) < 4.78 is 0. The summed E-state index contributed by atoms with van der Waals surface area (Å²) in [5, 5.41) is 5.36. The van der Waals surface area contributed by atoms with Crippen LogP contribution in [0.25, 0.3) is 0 Å². The van der Waals surface area contributed by atoms with Gasteiger partial charge in [-0.3, -0.25) is 4.79 Å². The van der Waals surface area contributed by atoms with E-state index in [9.17, 15) is 4.79 Å². The molecule has 0 saturated carbocycles. The molecular formula is C11H18N2OS. The van der Waals surface area contributed by atoms with Gasteiger partial charge in [0.2, 0.25) is 5.91 Å². The molecule has 84 valence electrons. The van der Waals surface area contributed by atoms with Gasteiger partial charge in [-0.25, -0.2) is 0 Å². The third-order valence-electron chi connectivity index (χ3n) is 2.49. The summed E-state index contributed by atoms with van der Waals surface area (Å²) >= 11 is 1.71. The number of primary amides is 1. The summed E-state index contributed by atoms with van der Waals surface area (Å²) in [4.78, 5) is 12.4. The van der Waals surface area contributed by atoms with Crippen molar-refractivity contribution in [2.45, 2.75) is 26.8 Å². The van der Waals surface area contributed by atoms with Crippen LogP contribution in [0.5, 0.6) is 0 Å². The molecule has 3 N–H and O–H groups in total. The first-order chi connectivity index (χ1) is 6.93. The zero-order valence-corrected chi connectivity index (χ0v) is 10.2. The Balaban J connectivity index is 2.47. The molecule has 4 heteroatoms. The third-order valence-corrected chi connectivity index (χ3v) is 3.54. The summed E-state index contributed by atoms with van der Waals surface area (Å²) in [5.41, 5.74) is 4.80. The van der Waals surface area contributed by atoms with E-state index in [4.69, 9.17) is 5.73 Å². The minimum atomic E-state index is -0.495. The van der Waals surface area contributed by atoms with E-state index in [1.54, 1.807) is 11.3 Å². The molecule has 0 radical (unpaired) electrons. The lowest BCUT2D eigenvalue weighted by atomic mass is 9.92. The van der Waals surface area contributed by atoms with Gasteiger partial charge in [-0.2, -0.15) is 0 Å². The van der Waals surface area contributed by atoms with E-state index >= 15 is 0 Å². The van der Waals surface area contributed by atoms with Gasteiger partial charge in [0.1, 0.15) is 0 Å². The van der Waals surface area contributed by atoms with Crippen LogP contribution < -0.4 is 11.1 Å². The van der Waals surface area contributed by atoms with Crippen molar-refractivity contribution in [1.82, 2.24) is 5.32 Å². The molecule has 3 nitrogen and oxygen atoms in total. The van der Waals surface area contributed by atoms with Crippen LogP contribution >= 0.6 is 11.3 Å². The van der Waals surface area contributed by atoms with Crippen molar-refractivity contribution in [2.75, 3.05) is 6.54 Å². The van der Waals surface area contributed by atoms with Crippen LogP contribution in [0.1, 0.15) is 31.7 Å². The number of nitrogens with one attached hydrogen (secondary N) is 1. The molecule has 0 spiro atoms. The number of nitrogens with two attached hydrogens (primary N) is 1. The largest absolute Gasteiger partial charge is 0.369 e. The molecule has 0 bridgehead atoms. The molecule has 0 saturated heterocycles. The van der Waals surface area contributed by atoms with Crippen LogP contribution in [0, 0.1) is 5.41 Å². The minimum absolute atomic E-state index is 0.267. The Hall–Kier alpha value is -0.870. The highest BCUT2D eigenvalue weighted by molar-refractivity contribution is 7.10. The van der Waals surface area contributed by atoms with Crippen molar-refractivity contribution in [1.29, 1.82) is 0 Å². The van der Waals surface area contributed by atoms with E-state index in [0.29, 0.717) is 6.54 Å². The molecule has 0 aliphatic heterocycles. The number of amides is 1. The third kappa shape index (κ3) is 3.32. The number of hydrogen-bond donors (Lipinski definition) is 2. The van der Waals surface area contributed by atoms with Crippen molar-refractivity contribution in [3.8, 4) is 0 Å². The zero-order valence-electron chi connectivity index (χ0n) is 9.41. The van der Waals surface area contributed by atoms with E-state index in [-0.39, 0.29) is 11.9 Å². The zero-order chi connectivity index (χ0) is 11.5. The first kappa shape index (κ1) is 12.2. The predicted octanol–water partition coefficient (Wildman–Crippen LogP) is 1.91. The number of carbonyl (C=O) groups excluding carboxylic acids is 1. The van der Waals surface area contributed by atoms with Gasteiger partial charge in [0, 0.05) is 17.5 Å². The SMILES string of the molecule is C[C@H](NCC(C)(C)C(N)=O)c1cccs1. The number of thiophene rings is 1. The molecule has 1 aromatic rings. The van der Waals surface area contributed by atoms with Crippen LogP contribution in [0.4, 0.5) is 0 Å². The second-order valence-corrected chi connectivity index (χ2v) is 5.35. The maximum atomic E-state index is 11.1. The summed E-state index contributed by atoms with van der Waals surface area (Å²) in [7, 11) is 0. The molecule has 1 rings (SSSR count). The molecular weight excluding hydrogens is 208 g/mol. The second kappa shape index (κ2) is 4.77. The van der Waals surface area contributed by atoms with Crippen LogP contribution in [0.3, 0.4) is 0 Å². The van der Waals surface area contributed by atoms with Crippen molar-refractivity contribution in [2.24, 2.45) is 11.1 Å². The standard InChI is InChI=1S/C11H18N2OS/c1-8(9-5-4-6-15-9)13-7-11(2,3)10(12)14/h4-6,8,13H,7H2,1-3H3,(H2,12,14)/t8-/m0/s1. The lowest BCUT2D eigenvalue weighted by Crippen LogP contribution is -2.41. The van der Waals surface area contributed by atoms with E-state index < -0.39 is 5.41 Å². The Morgan fingerprint density at radius 3 is 2.80 bits per heavy atom. The molecule has 0 aliphatic rings. The van der Waals surface area contributed by atoms with Crippen LogP contribution in [-0.4, -0.2) is 12.5 Å². The lowest BCUT2D eigenvalue weighted by molar-refractivity contribution is -0.125. The quantitative estimate of drug-likeness (QED) is 0.806. The normalized spacial score (nSPS) is 13.8. The fourth-order valence-electron chi connectivity index (χ4n) is 1.13. The lowest BCUT2D eigenvalue weighted by Gasteiger charge is -2.23. The van der Waals surface area contributed by atoms with Gasteiger partial charge in [-0.15, -0.1) is 11.3 Å². The summed E-state index contributed by atoms with van der Waals surface area (Å²) in [6.45, 7) is 6.39. The maximum Gasteiger partial charge on any atom is 0.224 e. The van der Waals surface area contributed by atoms with Crippen LogP contribution in [0.2, 0.25) is 0 Å². The van der Waals surface area contributed by atoms with Gasteiger partial charge >= 0.3 is 0 Å². The highest BCUT2D eigenvalue weighted by Crippen LogP contribution is 2.20. The van der Waals surface area contributed by atoms with Gasteiger partial charge in [0.05, 0.1) is 5.41 Å². The van der Waals surface area contributed by atoms with Crippen molar-refractivity contribution < 1.29 is 4.79 Å². The van der Waals surface area contributed by atoms with E-state index in [1.807, 2.05) is 25.3 Å². The van der Waals surface area contributed by atoms with E-state index in [0.717, 1.165) is 0 Å². The Morgan fingerprint density at radius 1 is 1.67 bits per heavy atom. The van der Waals surface area contributed by atoms with E-state index in [2.05, 4.69) is 18.3 Å². The van der Waals surface area contributed by atoms with Gasteiger partial charge in [-0.05, 0) is 32.2 Å². The van der Waals surface area contributed by atoms with Gasteiger partial charge in [0.15, 0.2) is 0 Å². The predicted molar refractivity (Wildman–Crippen MR) is 63.7 cm³/mol. The van der Waals surface area contributed by atoms with Crippen molar-refractivity contribution in [3.63, 3.8) is 0 Å². The fraction of sp³-hybridized carbons (Fsp3) is 0.545. The molecule has 0 aromatic carbocycles. The van der Waals surface area contributed by atoms with Crippen molar-refractivity contribution >= 4 is 17.2 Å². The fourth-order valence-corrected chi connectivity index (χ4v) is 1.89. The number of hydrogen-bond acceptors (Lipinski definition) is 3. The average Bonchev–Trinajstić information content (AvgIpc) is 2.66. The van der Waals surface area contributed by atoms with Gasteiger partial charge < -0.3 is 11.1 Å². The number of carbonyl (C=O) groups is 1. The Labute approximate surface area is 94.7 Å². The highest BCUT2D eigenvalue weighted by Gasteiger charge is 2.25. The first-order valence-electron chi connectivity index (χ1n) is 5.00. The smallest absolute Gasteiger partial charge is 0.224 e. The molecule has 0 aliphatic carbocycles. The first-order valence-corrected chi connectivity index (χ1v) is 5.88. The monoisotopic (exact) mass is 226 g/mol. The Kier molecular flexibility index (Phi) is 3.88. The molecule has 1 amide bonds. The topological polar surface area (TPSA) is 55.1 Å². The molecule has 15 heavy (non-hydrogen) atoms. The van der Waals surface area contributed by atoms with Crippen LogP contribution in [-0.2, 0) is 4.79 Å². The molecule has 1 aromatic heterocycles. The molecule has 1 heterocycles. The van der Waals surface area contributed by atoms with Gasteiger partial charge in [-0.1, -0.05) is 6.07 Å². The second-order valence-electron chi connectivity index (χ2n) is 4.37. The number of rotatable bonds is 5. The van der Waals surface area contributed by atoms with Crippen molar-refractivity contribution in [3.05, 3.63) is 22.4 Å². The van der Waals surface area contributed by atoms with Gasteiger partial charge in [0.25, 0.3) is 0 Å². The summed E-state index contributed by atoms with van der Waals surface area (Å²) in [6.07, 6.45) is 0. The molecule has 0 unspecified atom stereocenters. The summed E-state index contributed by atoms with van der Waals surface area (Å²) in [5.74, 6) is -0.270. The Morgan fingerprint density at radius 2 is 2.33 bits per heavy atom. The minimum Gasteiger partial charge on any atom is -0.369 e. The maximum absolute atomic E-state index is 11.1. The molecule has 1 atom stereocenters. The molecule has 0 fully saturated rings. The highest BCUT2D eigenvalue weighted by atomic mass is 32.1. The van der Waals surface area contributed by atoms with E-state index in [1.165, 1.54) is 4.88 Å². The Bertz CT molecular complexity index is 319. The average molecular weight is 226 g/mol.